The first-order valence-electron chi connectivity index (χ1n) is 11.7. The molecule has 1 aliphatic rings. The van der Waals surface area contributed by atoms with Crippen LogP contribution in [0.15, 0.2) is 53.8 Å². The molecule has 2 heterocycles. The molecule has 3 aromatic rings. The van der Waals surface area contributed by atoms with Gasteiger partial charge in [0.1, 0.15) is 23.1 Å². The maximum atomic E-state index is 14.5. The standard InChI is InChI=1S/C25H25ClF4N4O3S/c1-34(2)20-11-15(18-12-16(25(28,29)30)4-5-19(18)27)3-6-21(20)37-23-8-7-22(24(26)33-23)38(35,36)13-17-9-10-31-14-32-17/h4-5,7-10,12,14-15,20-21H,3,6,11,13H2,1-2H3/t15-,20-,21-/m0/s1. The normalized spacial score (nSPS) is 20.5. The Kier molecular flexibility index (Phi) is 8.24. The van der Waals surface area contributed by atoms with Gasteiger partial charge in [-0.2, -0.15) is 13.2 Å². The van der Waals surface area contributed by atoms with Crippen LogP contribution in [0.1, 0.15) is 42.0 Å². The molecule has 0 bridgehead atoms. The van der Waals surface area contributed by atoms with E-state index in [0.29, 0.717) is 25.0 Å². The fourth-order valence-corrected chi connectivity index (χ4v) is 6.44. The molecule has 1 fully saturated rings. The zero-order valence-electron chi connectivity index (χ0n) is 20.5. The first-order valence-corrected chi connectivity index (χ1v) is 13.7. The predicted octanol–water partition coefficient (Wildman–Crippen LogP) is 5.30. The van der Waals surface area contributed by atoms with Gasteiger partial charge in [-0.05, 0) is 75.2 Å². The number of rotatable bonds is 7. The Bertz CT molecular complexity index is 1390. The number of halogens is 5. The highest BCUT2D eigenvalue weighted by Gasteiger charge is 2.37. The van der Waals surface area contributed by atoms with Gasteiger partial charge in [-0.3, -0.25) is 0 Å². The Labute approximate surface area is 222 Å². The van der Waals surface area contributed by atoms with E-state index in [-0.39, 0.29) is 33.3 Å². The SMILES string of the molecule is CN(C)[C@H]1C[C@@H](c2cc(C(F)(F)F)ccc2F)CC[C@@H]1Oc1ccc(S(=O)(=O)Cc2ccncn2)c(Cl)n1. The number of ether oxygens (including phenoxy) is 1. The molecule has 1 aliphatic carbocycles. The number of pyridine rings is 1. The molecule has 0 unspecified atom stereocenters. The van der Waals surface area contributed by atoms with Gasteiger partial charge in [0.15, 0.2) is 15.0 Å². The molecule has 1 saturated carbocycles. The molecule has 4 rings (SSSR count). The van der Waals surface area contributed by atoms with E-state index in [0.717, 1.165) is 18.2 Å². The van der Waals surface area contributed by atoms with Crippen molar-refractivity contribution >= 4 is 21.4 Å². The number of hydrogen-bond acceptors (Lipinski definition) is 7. The van der Waals surface area contributed by atoms with Crippen LogP contribution in [0.3, 0.4) is 0 Å². The van der Waals surface area contributed by atoms with E-state index < -0.39 is 39.4 Å². The van der Waals surface area contributed by atoms with Crippen molar-refractivity contribution in [2.75, 3.05) is 14.1 Å². The van der Waals surface area contributed by atoms with Crippen LogP contribution in [0, 0.1) is 5.82 Å². The van der Waals surface area contributed by atoms with Crippen LogP contribution in [0.5, 0.6) is 5.88 Å². The van der Waals surface area contributed by atoms with E-state index in [2.05, 4.69) is 15.0 Å². The van der Waals surface area contributed by atoms with Crippen LogP contribution >= 0.6 is 11.6 Å². The molecule has 3 atom stereocenters. The molecule has 2 aromatic heterocycles. The molecular formula is C25H25ClF4N4O3S. The third-order valence-electron chi connectivity index (χ3n) is 6.56. The van der Waals surface area contributed by atoms with E-state index in [1.807, 2.05) is 4.90 Å². The number of hydrogen-bond donors (Lipinski definition) is 0. The zero-order valence-corrected chi connectivity index (χ0v) is 22.1. The van der Waals surface area contributed by atoms with Gasteiger partial charge < -0.3 is 9.64 Å². The first-order chi connectivity index (χ1) is 17.8. The van der Waals surface area contributed by atoms with Gasteiger partial charge in [-0.15, -0.1) is 0 Å². The largest absolute Gasteiger partial charge is 0.473 e. The summed E-state index contributed by atoms with van der Waals surface area (Å²) in [6, 6.07) is 6.42. The molecule has 0 radical (unpaired) electrons. The minimum Gasteiger partial charge on any atom is -0.473 e. The van der Waals surface area contributed by atoms with Crippen molar-refractivity contribution in [2.24, 2.45) is 0 Å². The monoisotopic (exact) mass is 572 g/mol. The minimum atomic E-state index is -4.57. The molecule has 1 aromatic carbocycles. The van der Waals surface area contributed by atoms with Crippen molar-refractivity contribution in [3.05, 3.63) is 76.7 Å². The van der Waals surface area contributed by atoms with Crippen LogP contribution in [0.4, 0.5) is 17.6 Å². The predicted molar refractivity (Wildman–Crippen MR) is 132 cm³/mol. The molecule has 13 heteroatoms. The lowest BCUT2D eigenvalue weighted by atomic mass is 9.78. The van der Waals surface area contributed by atoms with Gasteiger partial charge in [0, 0.05) is 18.3 Å². The van der Waals surface area contributed by atoms with E-state index in [9.17, 15) is 26.0 Å². The summed E-state index contributed by atoms with van der Waals surface area (Å²) >= 11 is 6.22. The van der Waals surface area contributed by atoms with Gasteiger partial charge in [0.05, 0.1) is 17.0 Å². The minimum absolute atomic E-state index is 0.0320. The van der Waals surface area contributed by atoms with Gasteiger partial charge >= 0.3 is 6.18 Å². The molecule has 0 saturated heterocycles. The Hall–Kier alpha value is -2.83. The lowest BCUT2D eigenvalue weighted by Gasteiger charge is -2.39. The number of sulfone groups is 1. The Morgan fingerprint density at radius 3 is 2.53 bits per heavy atom. The van der Waals surface area contributed by atoms with E-state index in [4.69, 9.17) is 16.3 Å². The second-order valence-electron chi connectivity index (χ2n) is 9.33. The molecule has 7 nitrogen and oxygen atoms in total. The topological polar surface area (TPSA) is 85.3 Å². The smallest absolute Gasteiger partial charge is 0.416 e. The van der Waals surface area contributed by atoms with Crippen LogP contribution < -0.4 is 4.74 Å². The number of alkyl halides is 3. The Balaban J connectivity index is 1.50. The fraction of sp³-hybridized carbons (Fsp3) is 0.400. The van der Waals surface area contributed by atoms with Crippen LogP contribution in [-0.4, -0.2) is 54.5 Å². The molecule has 0 amide bonds. The summed E-state index contributed by atoms with van der Waals surface area (Å²) in [4.78, 5) is 13.5. The Morgan fingerprint density at radius 2 is 1.89 bits per heavy atom. The molecule has 0 spiro atoms. The molecule has 0 aliphatic heterocycles. The average molecular weight is 573 g/mol. The van der Waals surface area contributed by atoms with Crippen molar-refractivity contribution in [3.8, 4) is 5.88 Å². The second-order valence-corrected chi connectivity index (χ2v) is 11.6. The Morgan fingerprint density at radius 1 is 1.13 bits per heavy atom. The van der Waals surface area contributed by atoms with Crippen LogP contribution in [0.25, 0.3) is 0 Å². The van der Waals surface area contributed by atoms with Crippen molar-refractivity contribution in [1.82, 2.24) is 19.9 Å². The third kappa shape index (κ3) is 6.41. The summed E-state index contributed by atoms with van der Waals surface area (Å²) in [6.07, 6.45) is -1.15. The van der Waals surface area contributed by atoms with Crippen LogP contribution in [-0.2, 0) is 21.8 Å². The molecule has 0 N–H and O–H groups in total. The van der Waals surface area contributed by atoms with Gasteiger partial charge in [0.2, 0.25) is 5.88 Å². The average Bonchev–Trinajstić information content (AvgIpc) is 2.84. The highest BCUT2D eigenvalue weighted by Crippen LogP contribution is 2.40. The lowest BCUT2D eigenvalue weighted by molar-refractivity contribution is -0.137. The number of benzene rings is 1. The highest BCUT2D eigenvalue weighted by atomic mass is 35.5. The summed E-state index contributed by atoms with van der Waals surface area (Å²) in [7, 11) is -0.237. The summed E-state index contributed by atoms with van der Waals surface area (Å²) in [5.74, 6) is -1.38. The maximum absolute atomic E-state index is 14.5. The van der Waals surface area contributed by atoms with Crippen molar-refractivity contribution < 1.29 is 30.7 Å². The molecule has 204 valence electrons. The summed E-state index contributed by atoms with van der Waals surface area (Å²) in [6.45, 7) is 0. The molecular weight excluding hydrogens is 548 g/mol. The van der Waals surface area contributed by atoms with Gasteiger partial charge in [0.25, 0.3) is 0 Å². The van der Waals surface area contributed by atoms with Crippen molar-refractivity contribution in [2.45, 2.75) is 54.2 Å². The molecule has 38 heavy (non-hydrogen) atoms. The van der Waals surface area contributed by atoms with E-state index in [1.54, 1.807) is 14.1 Å². The van der Waals surface area contributed by atoms with E-state index in [1.165, 1.54) is 30.7 Å². The zero-order chi connectivity index (χ0) is 27.7. The third-order valence-corrected chi connectivity index (χ3v) is 8.63. The highest BCUT2D eigenvalue weighted by molar-refractivity contribution is 7.90. The van der Waals surface area contributed by atoms with Gasteiger partial charge in [-0.25, -0.2) is 27.8 Å². The quantitative estimate of drug-likeness (QED) is 0.280. The summed E-state index contributed by atoms with van der Waals surface area (Å²) in [5, 5.41) is -0.252. The van der Waals surface area contributed by atoms with Crippen LogP contribution in [0.2, 0.25) is 5.15 Å². The maximum Gasteiger partial charge on any atom is 0.416 e. The van der Waals surface area contributed by atoms with Crippen molar-refractivity contribution in [1.29, 1.82) is 0 Å². The summed E-state index contributed by atoms with van der Waals surface area (Å²) in [5.41, 5.74) is -0.550. The van der Waals surface area contributed by atoms with Gasteiger partial charge in [-0.1, -0.05) is 11.6 Å². The summed E-state index contributed by atoms with van der Waals surface area (Å²) < 4.78 is 85.9. The van der Waals surface area contributed by atoms with E-state index >= 15 is 0 Å². The van der Waals surface area contributed by atoms with Crippen molar-refractivity contribution in [3.63, 3.8) is 0 Å². The lowest BCUT2D eigenvalue weighted by Crippen LogP contribution is -2.46. The fourth-order valence-electron chi connectivity index (χ4n) is 4.65. The number of likely N-dealkylation sites (N-methyl/N-ethyl adjacent to an activating group) is 1. The second kappa shape index (κ2) is 11.1. The number of nitrogens with zero attached hydrogens (tertiary/aromatic N) is 4. The number of aromatic nitrogens is 3. The first kappa shape index (κ1) is 28.2.